The fraction of sp³-hybridized carbons (Fsp3) is 0.0667. The van der Waals surface area contributed by atoms with E-state index in [4.69, 9.17) is 4.42 Å². The highest BCUT2D eigenvalue weighted by Crippen LogP contribution is 2.51. The molecule has 0 N–H and O–H groups in total. The Morgan fingerprint density at radius 3 is 2.43 bits per heavy atom. The van der Waals surface area contributed by atoms with Crippen LogP contribution < -0.4 is 8.97 Å². The van der Waals surface area contributed by atoms with Gasteiger partial charge in [-0.15, -0.1) is 0 Å². The van der Waals surface area contributed by atoms with Crippen LogP contribution >= 0.6 is 0 Å². The summed E-state index contributed by atoms with van der Waals surface area (Å²) in [5.41, 5.74) is 13.9. The molecule has 1 aliphatic carbocycles. The number of pyridine rings is 3. The molecule has 2 unspecified atom stereocenters. The van der Waals surface area contributed by atoms with Crippen LogP contribution in [0.5, 0.6) is 0 Å². The van der Waals surface area contributed by atoms with E-state index in [0.717, 1.165) is 17.6 Å². The topological polar surface area (TPSA) is 25.5 Å². The van der Waals surface area contributed by atoms with E-state index in [-0.39, 0.29) is 6.04 Å². The van der Waals surface area contributed by atoms with Crippen LogP contribution in [-0.2, 0) is 6.42 Å². The van der Waals surface area contributed by atoms with Crippen molar-refractivity contribution >= 4 is 76.3 Å². The Morgan fingerprint density at radius 1 is 0.612 bits per heavy atom. The Balaban J connectivity index is 1.25. The van der Waals surface area contributed by atoms with Gasteiger partial charge in [0.05, 0.1) is 38.7 Å². The fourth-order valence-electron chi connectivity index (χ4n) is 10.1. The number of aromatic nitrogens is 3. The summed E-state index contributed by atoms with van der Waals surface area (Å²) in [6.07, 6.45) is 5.57. The zero-order valence-electron chi connectivity index (χ0n) is 26.4. The van der Waals surface area contributed by atoms with Crippen LogP contribution in [0.4, 0.5) is 0 Å². The molecule has 4 heteroatoms. The van der Waals surface area contributed by atoms with Gasteiger partial charge in [-0.2, -0.15) is 8.97 Å². The number of rotatable bonds is 0. The van der Waals surface area contributed by atoms with E-state index in [0.29, 0.717) is 5.92 Å². The summed E-state index contributed by atoms with van der Waals surface area (Å²) in [7, 11) is 0. The molecule has 2 atom stereocenters. The molecule has 7 heterocycles. The molecular formula is C45H27N3O+2. The lowest BCUT2D eigenvalue weighted by Gasteiger charge is -2.26. The third-order valence-corrected chi connectivity index (χ3v) is 11.9. The monoisotopic (exact) mass is 625 g/mol. The largest absolute Gasteiger partial charge is 0.456 e. The van der Waals surface area contributed by atoms with E-state index in [1.807, 2.05) is 0 Å². The molecule has 0 radical (unpaired) electrons. The highest BCUT2D eigenvalue weighted by Gasteiger charge is 2.48. The van der Waals surface area contributed by atoms with Crippen molar-refractivity contribution in [2.75, 3.05) is 0 Å². The van der Waals surface area contributed by atoms with E-state index >= 15 is 0 Å². The maximum atomic E-state index is 6.57. The van der Waals surface area contributed by atoms with Gasteiger partial charge < -0.3 is 8.82 Å². The summed E-state index contributed by atoms with van der Waals surface area (Å²) >= 11 is 0. The minimum absolute atomic E-state index is 0.210. The molecule has 2 aliphatic rings. The predicted octanol–water partition coefficient (Wildman–Crippen LogP) is 9.83. The molecule has 5 aromatic carbocycles. The minimum Gasteiger partial charge on any atom is -0.456 e. The van der Waals surface area contributed by atoms with Crippen molar-refractivity contribution in [2.24, 2.45) is 0 Å². The maximum Gasteiger partial charge on any atom is 0.228 e. The average molecular weight is 626 g/mol. The summed E-state index contributed by atoms with van der Waals surface area (Å²) in [4.78, 5) is 0. The summed E-state index contributed by atoms with van der Waals surface area (Å²) < 4.78 is 14.1. The SMILES string of the molecule is c1ccc2c(c1)-c1cccc[n+]1C1c3c(c4cc5c(cc4c4ccccn34)c3c4c(cc6c7ccccc7[n+]5c63)oc3ccccc34)CC21. The first kappa shape index (κ1) is 24.9. The number of fused-ring (bicyclic) bond motifs is 23. The summed E-state index contributed by atoms with van der Waals surface area (Å²) in [5.74, 6) is 0.356. The van der Waals surface area contributed by atoms with E-state index in [1.165, 1.54) is 93.2 Å². The zero-order valence-corrected chi connectivity index (χ0v) is 26.4. The van der Waals surface area contributed by atoms with Crippen molar-refractivity contribution in [3.05, 3.63) is 157 Å². The van der Waals surface area contributed by atoms with Crippen molar-refractivity contribution in [1.29, 1.82) is 0 Å². The highest BCUT2D eigenvalue weighted by molar-refractivity contribution is 6.32. The molecule has 13 rings (SSSR count). The number of hydrogen-bond donors (Lipinski definition) is 0. The van der Waals surface area contributed by atoms with E-state index < -0.39 is 0 Å². The first-order valence-corrected chi connectivity index (χ1v) is 17.2. The highest BCUT2D eigenvalue weighted by atomic mass is 16.3. The van der Waals surface area contributed by atoms with Gasteiger partial charge in [-0.05, 0) is 71.5 Å². The van der Waals surface area contributed by atoms with E-state index in [1.54, 1.807) is 0 Å². The van der Waals surface area contributed by atoms with Gasteiger partial charge in [-0.1, -0.05) is 54.6 Å². The number of benzene rings is 5. The van der Waals surface area contributed by atoms with Gasteiger partial charge in [-0.3, -0.25) is 0 Å². The van der Waals surface area contributed by atoms with E-state index in [2.05, 4.69) is 153 Å². The van der Waals surface area contributed by atoms with Gasteiger partial charge in [0, 0.05) is 52.2 Å². The van der Waals surface area contributed by atoms with Gasteiger partial charge in [-0.25, -0.2) is 0 Å². The first-order chi connectivity index (χ1) is 24.3. The van der Waals surface area contributed by atoms with Crippen LogP contribution in [0.2, 0.25) is 0 Å². The number of furan rings is 1. The second-order valence-corrected chi connectivity index (χ2v) is 14.0. The lowest BCUT2D eigenvalue weighted by molar-refractivity contribution is -0.707. The first-order valence-electron chi connectivity index (χ1n) is 17.2. The Morgan fingerprint density at radius 2 is 1.45 bits per heavy atom. The van der Waals surface area contributed by atoms with Crippen LogP contribution in [0.15, 0.2) is 144 Å². The van der Waals surface area contributed by atoms with Crippen LogP contribution in [0, 0.1) is 0 Å². The Labute approximate surface area is 279 Å². The molecule has 0 saturated carbocycles. The predicted molar refractivity (Wildman–Crippen MR) is 196 cm³/mol. The van der Waals surface area contributed by atoms with Crippen molar-refractivity contribution in [3.63, 3.8) is 0 Å². The molecule has 0 saturated heterocycles. The minimum atomic E-state index is 0.210. The normalized spacial score (nSPS) is 16.9. The van der Waals surface area contributed by atoms with Crippen LogP contribution in [-0.4, -0.2) is 4.40 Å². The molecule has 0 amide bonds. The average Bonchev–Trinajstić information content (AvgIpc) is 3.91. The molecule has 11 aromatic rings. The Bertz CT molecular complexity index is 3270. The molecule has 0 bridgehead atoms. The summed E-state index contributed by atoms with van der Waals surface area (Å²) in [6.45, 7) is 0. The lowest BCUT2D eigenvalue weighted by atomic mass is 9.84. The van der Waals surface area contributed by atoms with Crippen LogP contribution in [0.25, 0.3) is 87.6 Å². The number of para-hydroxylation sites is 2. The lowest BCUT2D eigenvalue weighted by Crippen LogP contribution is -2.46. The molecule has 6 aromatic heterocycles. The molecule has 226 valence electrons. The van der Waals surface area contributed by atoms with Crippen molar-refractivity contribution in [2.45, 2.75) is 18.4 Å². The third-order valence-electron chi connectivity index (χ3n) is 11.9. The molecule has 0 fully saturated rings. The fourth-order valence-corrected chi connectivity index (χ4v) is 10.1. The number of nitrogens with zero attached hydrogens (tertiary/aromatic N) is 3. The molecular weight excluding hydrogens is 599 g/mol. The van der Waals surface area contributed by atoms with Crippen molar-refractivity contribution in [3.8, 4) is 11.3 Å². The maximum absolute atomic E-state index is 6.57. The number of hydrogen-bond acceptors (Lipinski definition) is 1. The molecule has 0 spiro atoms. The smallest absolute Gasteiger partial charge is 0.228 e. The Hall–Kier alpha value is -6.26. The molecule has 49 heavy (non-hydrogen) atoms. The Kier molecular flexibility index (Phi) is 4.27. The van der Waals surface area contributed by atoms with Crippen LogP contribution in [0.3, 0.4) is 0 Å². The standard InChI is InChI=1S/C45H27N3O/c1-2-12-26-25(11-1)31-22-32-29-23-38-34(21-30(29)36-16-8-10-20-47(36)45(32)44(31)46-19-9-7-15-35(26)46)42-41-28-14-4-6-18-39(28)49-40(41)24-33-27-13-3-5-17-37(27)48(38)43(33)42/h1-21,23-24,31,44H,22H2/q+2. The zero-order chi connectivity index (χ0) is 31.5. The summed E-state index contributed by atoms with van der Waals surface area (Å²) in [5, 5.41) is 10.1. The van der Waals surface area contributed by atoms with Gasteiger partial charge in [0.25, 0.3) is 0 Å². The van der Waals surface area contributed by atoms with Crippen LogP contribution in [0.1, 0.15) is 28.8 Å². The molecule has 1 aliphatic heterocycles. The second-order valence-electron chi connectivity index (χ2n) is 14.0. The van der Waals surface area contributed by atoms with Crippen molar-refractivity contribution in [1.82, 2.24) is 4.40 Å². The van der Waals surface area contributed by atoms with Gasteiger partial charge in [0.2, 0.25) is 28.3 Å². The van der Waals surface area contributed by atoms with Gasteiger partial charge >= 0.3 is 0 Å². The van der Waals surface area contributed by atoms with Gasteiger partial charge in [0.1, 0.15) is 11.2 Å². The van der Waals surface area contributed by atoms with Gasteiger partial charge in [0.15, 0.2) is 6.20 Å². The van der Waals surface area contributed by atoms with E-state index in [9.17, 15) is 0 Å². The van der Waals surface area contributed by atoms with Crippen molar-refractivity contribution < 1.29 is 13.4 Å². The summed E-state index contributed by atoms with van der Waals surface area (Å²) in [6, 6.07) is 47.3. The molecule has 4 nitrogen and oxygen atoms in total. The second kappa shape index (κ2) is 8.41. The third kappa shape index (κ3) is 2.83. The quantitative estimate of drug-likeness (QED) is 0.122.